The molecule has 0 spiro atoms. The molecule has 0 aliphatic carbocycles. The van der Waals surface area contributed by atoms with Gasteiger partial charge in [-0.1, -0.05) is 0 Å². The van der Waals surface area contributed by atoms with Crippen LogP contribution in [0.5, 0.6) is 5.75 Å². The van der Waals surface area contributed by atoms with Crippen molar-refractivity contribution in [2.75, 3.05) is 13.2 Å². The highest BCUT2D eigenvalue weighted by Crippen LogP contribution is 2.30. The molecule has 0 radical (unpaired) electrons. The van der Waals surface area contributed by atoms with Crippen molar-refractivity contribution in [2.24, 2.45) is 5.73 Å². The molecule has 0 unspecified atom stereocenters. The summed E-state index contributed by atoms with van der Waals surface area (Å²) < 4.78 is 66.5. The molecule has 2 nitrogen and oxygen atoms in total. The van der Waals surface area contributed by atoms with Gasteiger partial charge in [-0.05, 0) is 24.3 Å². The molecule has 0 saturated heterocycles. The molecule has 17 heavy (non-hydrogen) atoms. The normalized spacial score (nSPS) is 12.6. The fourth-order valence-corrected chi connectivity index (χ4v) is 0.988. The standard InChI is InChI=1S/C10H10F5NO/c11-9(12,5-16)6-17-8-3-1-7(2-4-8)10(13,14)15/h1-4H,5-6,16H2. The number of hydrogen-bond donors (Lipinski definition) is 1. The zero-order valence-corrected chi connectivity index (χ0v) is 8.60. The molecule has 0 saturated carbocycles. The summed E-state index contributed by atoms with van der Waals surface area (Å²) >= 11 is 0. The van der Waals surface area contributed by atoms with Gasteiger partial charge < -0.3 is 10.5 Å². The van der Waals surface area contributed by atoms with Gasteiger partial charge in [0.15, 0.2) is 6.61 Å². The number of nitrogens with two attached hydrogens (primary N) is 1. The Morgan fingerprint density at radius 1 is 1.00 bits per heavy atom. The summed E-state index contributed by atoms with van der Waals surface area (Å²) in [6.07, 6.45) is -4.46. The van der Waals surface area contributed by atoms with Crippen LogP contribution in [0, 0.1) is 0 Å². The van der Waals surface area contributed by atoms with Gasteiger partial charge in [0.25, 0.3) is 5.92 Å². The summed E-state index contributed by atoms with van der Waals surface area (Å²) in [5.41, 5.74) is 3.91. The van der Waals surface area contributed by atoms with E-state index in [1.165, 1.54) is 0 Å². The lowest BCUT2D eigenvalue weighted by Crippen LogP contribution is -2.34. The first kappa shape index (κ1) is 13.7. The molecule has 96 valence electrons. The lowest BCUT2D eigenvalue weighted by atomic mass is 10.2. The third-order valence-electron chi connectivity index (χ3n) is 1.93. The van der Waals surface area contributed by atoms with Gasteiger partial charge in [0.05, 0.1) is 12.1 Å². The van der Waals surface area contributed by atoms with Gasteiger partial charge in [0.1, 0.15) is 5.75 Å². The smallest absolute Gasteiger partial charge is 0.416 e. The van der Waals surface area contributed by atoms with E-state index < -0.39 is 30.8 Å². The third kappa shape index (κ3) is 4.18. The summed E-state index contributed by atoms with van der Waals surface area (Å²) in [6, 6.07) is 3.48. The predicted molar refractivity (Wildman–Crippen MR) is 50.9 cm³/mol. The molecule has 0 bridgehead atoms. The Morgan fingerprint density at radius 3 is 1.94 bits per heavy atom. The second-order valence-electron chi connectivity index (χ2n) is 3.37. The minimum atomic E-state index is -4.46. The predicted octanol–water partition coefficient (Wildman–Crippen LogP) is 2.68. The molecule has 0 fully saturated rings. The van der Waals surface area contributed by atoms with Crippen molar-refractivity contribution in [3.05, 3.63) is 29.8 Å². The van der Waals surface area contributed by atoms with Crippen LogP contribution in [0.4, 0.5) is 22.0 Å². The maximum atomic E-state index is 12.7. The van der Waals surface area contributed by atoms with E-state index in [4.69, 9.17) is 5.73 Å². The highest BCUT2D eigenvalue weighted by atomic mass is 19.4. The van der Waals surface area contributed by atoms with Crippen LogP contribution >= 0.6 is 0 Å². The van der Waals surface area contributed by atoms with Gasteiger partial charge in [0, 0.05) is 0 Å². The Morgan fingerprint density at radius 2 is 1.53 bits per heavy atom. The molecule has 1 aromatic rings. The maximum Gasteiger partial charge on any atom is 0.416 e. The van der Waals surface area contributed by atoms with Crippen molar-refractivity contribution in [3.63, 3.8) is 0 Å². The van der Waals surface area contributed by atoms with Gasteiger partial charge >= 0.3 is 6.18 Å². The Hall–Kier alpha value is -1.37. The van der Waals surface area contributed by atoms with Crippen molar-refractivity contribution in [1.29, 1.82) is 0 Å². The first-order valence-corrected chi connectivity index (χ1v) is 4.62. The van der Waals surface area contributed by atoms with Gasteiger partial charge in [-0.3, -0.25) is 0 Å². The minimum Gasteiger partial charge on any atom is -0.487 e. The summed E-state index contributed by atoms with van der Waals surface area (Å²) in [5, 5.41) is 0. The van der Waals surface area contributed by atoms with Gasteiger partial charge in [-0.2, -0.15) is 13.2 Å². The molecule has 1 aromatic carbocycles. The van der Waals surface area contributed by atoms with Crippen LogP contribution in [0.15, 0.2) is 24.3 Å². The molecular weight excluding hydrogens is 245 g/mol. The van der Waals surface area contributed by atoms with Crippen molar-refractivity contribution in [2.45, 2.75) is 12.1 Å². The van der Waals surface area contributed by atoms with E-state index in [0.717, 1.165) is 24.3 Å². The summed E-state index contributed by atoms with van der Waals surface area (Å²) in [7, 11) is 0. The summed E-state index contributed by atoms with van der Waals surface area (Å²) in [6.45, 7) is -1.84. The number of rotatable bonds is 4. The zero-order chi connectivity index (χ0) is 13.1. The number of alkyl halides is 5. The van der Waals surface area contributed by atoms with Crippen LogP contribution in [0.1, 0.15) is 5.56 Å². The Labute approximate surface area is 94.2 Å². The van der Waals surface area contributed by atoms with E-state index in [2.05, 4.69) is 4.74 Å². The van der Waals surface area contributed by atoms with E-state index in [-0.39, 0.29) is 5.75 Å². The number of ether oxygens (including phenoxy) is 1. The molecule has 7 heteroatoms. The lowest BCUT2D eigenvalue weighted by Gasteiger charge is -2.15. The maximum absolute atomic E-state index is 12.7. The Kier molecular flexibility index (Phi) is 3.92. The third-order valence-corrected chi connectivity index (χ3v) is 1.93. The average molecular weight is 255 g/mol. The van der Waals surface area contributed by atoms with Crippen LogP contribution in [0.3, 0.4) is 0 Å². The van der Waals surface area contributed by atoms with Crippen LogP contribution in [-0.4, -0.2) is 19.1 Å². The minimum absolute atomic E-state index is 0.0638. The van der Waals surface area contributed by atoms with Crippen LogP contribution in [-0.2, 0) is 6.18 Å². The number of benzene rings is 1. The molecular formula is C10H10F5NO. The SMILES string of the molecule is NCC(F)(F)COc1ccc(C(F)(F)F)cc1. The summed E-state index contributed by atoms with van der Waals surface area (Å²) in [4.78, 5) is 0. The Bertz CT molecular complexity index is 360. The van der Waals surface area contributed by atoms with E-state index in [0.29, 0.717) is 0 Å². The fourth-order valence-electron chi connectivity index (χ4n) is 0.988. The Balaban J connectivity index is 2.64. The van der Waals surface area contributed by atoms with Crippen LogP contribution in [0.2, 0.25) is 0 Å². The van der Waals surface area contributed by atoms with Crippen LogP contribution in [0.25, 0.3) is 0 Å². The van der Waals surface area contributed by atoms with Gasteiger partial charge in [-0.25, -0.2) is 8.78 Å². The first-order valence-electron chi connectivity index (χ1n) is 4.62. The van der Waals surface area contributed by atoms with E-state index in [1.54, 1.807) is 0 Å². The fraction of sp³-hybridized carbons (Fsp3) is 0.400. The number of halogens is 5. The molecule has 0 aromatic heterocycles. The zero-order valence-electron chi connectivity index (χ0n) is 8.60. The second-order valence-corrected chi connectivity index (χ2v) is 3.37. The molecule has 0 amide bonds. The lowest BCUT2D eigenvalue weighted by molar-refractivity contribution is -0.137. The van der Waals surface area contributed by atoms with Crippen molar-refractivity contribution in [3.8, 4) is 5.75 Å². The highest BCUT2D eigenvalue weighted by Gasteiger charge is 2.30. The molecule has 0 aliphatic heterocycles. The molecule has 0 atom stereocenters. The quantitative estimate of drug-likeness (QED) is 0.839. The number of hydrogen-bond acceptors (Lipinski definition) is 2. The second kappa shape index (κ2) is 4.87. The van der Waals surface area contributed by atoms with Crippen molar-refractivity contribution in [1.82, 2.24) is 0 Å². The van der Waals surface area contributed by atoms with Gasteiger partial charge in [-0.15, -0.1) is 0 Å². The summed E-state index contributed by atoms with van der Waals surface area (Å²) in [5.74, 6) is -3.26. The largest absolute Gasteiger partial charge is 0.487 e. The average Bonchev–Trinajstić information content (AvgIpc) is 2.26. The van der Waals surface area contributed by atoms with E-state index in [9.17, 15) is 22.0 Å². The first-order chi connectivity index (χ1) is 7.74. The van der Waals surface area contributed by atoms with E-state index in [1.807, 2.05) is 0 Å². The highest BCUT2D eigenvalue weighted by molar-refractivity contribution is 5.28. The monoisotopic (exact) mass is 255 g/mol. The molecule has 1 rings (SSSR count). The van der Waals surface area contributed by atoms with Gasteiger partial charge in [0.2, 0.25) is 0 Å². The molecule has 2 N–H and O–H groups in total. The topological polar surface area (TPSA) is 35.2 Å². The van der Waals surface area contributed by atoms with Crippen molar-refractivity contribution < 1.29 is 26.7 Å². The van der Waals surface area contributed by atoms with E-state index >= 15 is 0 Å². The molecule has 0 aliphatic rings. The van der Waals surface area contributed by atoms with Crippen molar-refractivity contribution >= 4 is 0 Å². The molecule has 0 heterocycles. The van der Waals surface area contributed by atoms with Crippen LogP contribution < -0.4 is 10.5 Å².